The topological polar surface area (TPSA) is 78.1 Å². The van der Waals surface area contributed by atoms with Gasteiger partial charge in [-0.15, -0.1) is 0 Å². The molecule has 1 fully saturated rings. The first-order valence-electron chi connectivity index (χ1n) is 7.92. The van der Waals surface area contributed by atoms with Gasteiger partial charge in [-0.05, 0) is 30.3 Å². The molecule has 1 aromatic heterocycles. The Bertz CT molecular complexity index is 968. The van der Waals surface area contributed by atoms with Crippen molar-refractivity contribution in [3.63, 3.8) is 0 Å². The van der Waals surface area contributed by atoms with E-state index in [9.17, 15) is 9.59 Å². The van der Waals surface area contributed by atoms with Crippen LogP contribution in [0.4, 0.5) is 11.5 Å². The van der Waals surface area contributed by atoms with Crippen molar-refractivity contribution in [1.29, 1.82) is 0 Å². The molecule has 7 heteroatoms. The normalized spacial score (nSPS) is 17.2. The Balaban J connectivity index is 1.53. The Morgan fingerprint density at radius 2 is 2.08 bits per heavy atom. The Kier molecular flexibility index (Phi) is 4.01. The molecular formula is C18H15BrN4O2. The fourth-order valence-corrected chi connectivity index (χ4v) is 3.45. The summed E-state index contributed by atoms with van der Waals surface area (Å²) in [6.45, 7) is 0.327. The minimum Gasteiger partial charge on any atom is -0.326 e. The second-order valence-electron chi connectivity index (χ2n) is 6.00. The van der Waals surface area contributed by atoms with Crippen LogP contribution < -0.4 is 10.2 Å². The number of amides is 2. The van der Waals surface area contributed by atoms with Crippen LogP contribution in [0.25, 0.3) is 10.9 Å². The van der Waals surface area contributed by atoms with E-state index in [1.54, 1.807) is 4.90 Å². The third-order valence-corrected chi connectivity index (χ3v) is 4.79. The van der Waals surface area contributed by atoms with Crippen LogP contribution in [-0.4, -0.2) is 28.6 Å². The number of hydrogen-bond acceptors (Lipinski definition) is 3. The van der Waals surface area contributed by atoms with E-state index in [-0.39, 0.29) is 18.2 Å². The van der Waals surface area contributed by atoms with Gasteiger partial charge in [-0.25, -0.2) is 0 Å². The number of carbonyl (C=O) groups is 2. The Hall–Kier alpha value is -2.67. The highest BCUT2D eigenvalue weighted by molar-refractivity contribution is 9.10. The van der Waals surface area contributed by atoms with Gasteiger partial charge in [0.05, 0.1) is 11.4 Å². The van der Waals surface area contributed by atoms with E-state index in [0.29, 0.717) is 18.1 Å². The molecule has 3 aromatic rings. The van der Waals surface area contributed by atoms with Crippen molar-refractivity contribution < 1.29 is 9.59 Å². The Morgan fingerprint density at radius 3 is 2.92 bits per heavy atom. The second kappa shape index (κ2) is 6.33. The van der Waals surface area contributed by atoms with Crippen molar-refractivity contribution in [3.05, 3.63) is 53.0 Å². The molecule has 2 amide bonds. The number of rotatable bonds is 3. The fourth-order valence-electron chi connectivity index (χ4n) is 3.05. The predicted molar refractivity (Wildman–Crippen MR) is 99.3 cm³/mol. The number of hydrogen-bond donors (Lipinski definition) is 2. The minimum atomic E-state index is -0.401. The Labute approximate surface area is 152 Å². The lowest BCUT2D eigenvalue weighted by molar-refractivity contribution is -0.122. The monoisotopic (exact) mass is 398 g/mol. The standard InChI is InChI=1S/C18H15BrN4O2/c19-12-4-3-5-13(9-12)20-18(25)11-8-16(24)23(10-11)17-14-6-1-2-7-15(14)21-22-17/h1-7,9,11H,8,10H2,(H,20,25)(H,21,22). The van der Waals surface area contributed by atoms with Crippen LogP contribution >= 0.6 is 15.9 Å². The smallest absolute Gasteiger partial charge is 0.229 e. The summed E-state index contributed by atoms with van der Waals surface area (Å²) in [5, 5.41) is 10.9. The maximum Gasteiger partial charge on any atom is 0.229 e. The van der Waals surface area contributed by atoms with Gasteiger partial charge in [0.2, 0.25) is 11.8 Å². The summed E-state index contributed by atoms with van der Waals surface area (Å²) in [6, 6.07) is 15.0. The van der Waals surface area contributed by atoms with Crippen LogP contribution in [0.2, 0.25) is 0 Å². The molecule has 1 saturated heterocycles. The zero-order valence-electron chi connectivity index (χ0n) is 13.2. The summed E-state index contributed by atoms with van der Waals surface area (Å²) < 4.78 is 0.886. The Morgan fingerprint density at radius 1 is 1.24 bits per heavy atom. The predicted octanol–water partition coefficient (Wildman–Crippen LogP) is 3.32. The van der Waals surface area contributed by atoms with Gasteiger partial charge in [0.15, 0.2) is 5.82 Å². The van der Waals surface area contributed by atoms with Crippen molar-refractivity contribution >= 4 is 50.2 Å². The highest BCUT2D eigenvalue weighted by Gasteiger charge is 2.36. The average Bonchev–Trinajstić information content (AvgIpc) is 3.18. The molecule has 0 radical (unpaired) electrons. The summed E-state index contributed by atoms with van der Waals surface area (Å²) in [6.07, 6.45) is 0.182. The lowest BCUT2D eigenvalue weighted by Gasteiger charge is -2.14. The van der Waals surface area contributed by atoms with E-state index in [0.717, 1.165) is 15.4 Å². The van der Waals surface area contributed by atoms with Crippen LogP contribution in [0.15, 0.2) is 53.0 Å². The molecule has 1 atom stereocenters. The quantitative estimate of drug-likeness (QED) is 0.710. The van der Waals surface area contributed by atoms with E-state index in [4.69, 9.17) is 0 Å². The molecule has 25 heavy (non-hydrogen) atoms. The maximum absolute atomic E-state index is 12.5. The summed E-state index contributed by atoms with van der Waals surface area (Å²) in [5.74, 6) is -0.0688. The van der Waals surface area contributed by atoms with E-state index >= 15 is 0 Å². The molecule has 4 rings (SSSR count). The summed E-state index contributed by atoms with van der Waals surface area (Å²) >= 11 is 3.38. The molecule has 0 spiro atoms. The molecule has 0 saturated carbocycles. The van der Waals surface area contributed by atoms with Crippen molar-refractivity contribution in [2.75, 3.05) is 16.8 Å². The summed E-state index contributed by atoms with van der Waals surface area (Å²) in [5.41, 5.74) is 1.57. The first kappa shape index (κ1) is 15.8. The molecule has 126 valence electrons. The molecule has 6 nitrogen and oxygen atoms in total. The number of benzene rings is 2. The van der Waals surface area contributed by atoms with E-state index < -0.39 is 5.92 Å². The average molecular weight is 399 g/mol. The SMILES string of the molecule is O=C(Nc1cccc(Br)c1)C1CC(=O)N(c2n[nH]c3ccccc23)C1. The van der Waals surface area contributed by atoms with Crippen LogP contribution in [0.3, 0.4) is 0 Å². The van der Waals surface area contributed by atoms with Crippen LogP contribution in [0.5, 0.6) is 0 Å². The van der Waals surface area contributed by atoms with Gasteiger partial charge in [0, 0.05) is 28.5 Å². The lowest BCUT2D eigenvalue weighted by Crippen LogP contribution is -2.28. The number of aromatic nitrogens is 2. The molecule has 1 aliphatic rings. The molecule has 2 N–H and O–H groups in total. The summed E-state index contributed by atoms with van der Waals surface area (Å²) in [7, 11) is 0. The van der Waals surface area contributed by atoms with Gasteiger partial charge in [-0.2, -0.15) is 5.10 Å². The maximum atomic E-state index is 12.5. The highest BCUT2D eigenvalue weighted by atomic mass is 79.9. The van der Waals surface area contributed by atoms with E-state index in [1.807, 2.05) is 48.5 Å². The molecular weight excluding hydrogens is 384 g/mol. The number of nitrogens with zero attached hydrogens (tertiary/aromatic N) is 2. The molecule has 0 aliphatic carbocycles. The first-order valence-corrected chi connectivity index (χ1v) is 8.71. The number of fused-ring (bicyclic) bond motifs is 1. The largest absolute Gasteiger partial charge is 0.326 e. The van der Waals surface area contributed by atoms with Crippen molar-refractivity contribution in [2.24, 2.45) is 5.92 Å². The highest BCUT2D eigenvalue weighted by Crippen LogP contribution is 2.30. The van der Waals surface area contributed by atoms with Gasteiger partial charge >= 0.3 is 0 Å². The number of para-hydroxylation sites is 1. The number of halogens is 1. The summed E-state index contributed by atoms with van der Waals surface area (Å²) in [4.78, 5) is 26.5. The van der Waals surface area contributed by atoms with Crippen LogP contribution in [-0.2, 0) is 9.59 Å². The van der Waals surface area contributed by atoms with E-state index in [2.05, 4.69) is 31.4 Å². The van der Waals surface area contributed by atoms with Gasteiger partial charge in [0.1, 0.15) is 0 Å². The van der Waals surface area contributed by atoms with Gasteiger partial charge < -0.3 is 5.32 Å². The van der Waals surface area contributed by atoms with Crippen molar-refractivity contribution in [3.8, 4) is 0 Å². The number of nitrogens with one attached hydrogen (secondary N) is 2. The molecule has 0 bridgehead atoms. The first-order chi connectivity index (χ1) is 12.1. The van der Waals surface area contributed by atoms with Gasteiger partial charge in [-0.3, -0.25) is 19.6 Å². The van der Waals surface area contributed by atoms with Crippen molar-refractivity contribution in [2.45, 2.75) is 6.42 Å². The molecule has 2 aromatic carbocycles. The van der Waals surface area contributed by atoms with Crippen LogP contribution in [0.1, 0.15) is 6.42 Å². The van der Waals surface area contributed by atoms with Crippen molar-refractivity contribution in [1.82, 2.24) is 10.2 Å². The van der Waals surface area contributed by atoms with E-state index in [1.165, 1.54) is 0 Å². The second-order valence-corrected chi connectivity index (χ2v) is 6.91. The molecule has 1 unspecified atom stereocenters. The third kappa shape index (κ3) is 3.02. The van der Waals surface area contributed by atoms with Crippen LogP contribution in [0, 0.1) is 5.92 Å². The minimum absolute atomic E-state index is 0.0911. The zero-order valence-corrected chi connectivity index (χ0v) is 14.8. The zero-order chi connectivity index (χ0) is 17.4. The molecule has 1 aliphatic heterocycles. The van der Waals surface area contributed by atoms with Gasteiger partial charge in [-0.1, -0.05) is 34.1 Å². The molecule has 2 heterocycles. The third-order valence-electron chi connectivity index (χ3n) is 4.29. The lowest BCUT2D eigenvalue weighted by atomic mass is 10.1. The number of H-pyrrole nitrogens is 1. The van der Waals surface area contributed by atoms with Gasteiger partial charge in [0.25, 0.3) is 0 Å². The fraction of sp³-hybridized carbons (Fsp3) is 0.167. The number of aromatic amines is 1. The number of carbonyl (C=O) groups excluding carboxylic acids is 2. The number of anilines is 2.